The lowest BCUT2D eigenvalue weighted by Gasteiger charge is -2.45. The molecule has 0 amide bonds. The lowest BCUT2D eigenvalue weighted by molar-refractivity contribution is 0.0631. The standard InChI is InChI=1S/C27H37N3O4S/c1-3-5-17-28-19-11-20-29(18-6-4-2)27(28)26(35(31,32)33)16-21-30-22-12-7-9-14-24(22)34-25-15-10-8-13-23(25)30/h7-15,19,26-27H,3-6,16-18,20-21H2,1-2H3,(H,31,32,33). The molecule has 4 rings (SSSR count). The molecule has 2 aromatic rings. The summed E-state index contributed by atoms with van der Waals surface area (Å²) in [4.78, 5) is 6.43. The Labute approximate surface area is 209 Å². The van der Waals surface area contributed by atoms with Gasteiger partial charge in [-0.3, -0.25) is 9.45 Å². The van der Waals surface area contributed by atoms with Gasteiger partial charge in [-0.15, -0.1) is 0 Å². The molecule has 1 N–H and O–H groups in total. The number of anilines is 2. The third-order valence-electron chi connectivity index (χ3n) is 6.80. The number of fused-ring (bicyclic) bond motifs is 2. The van der Waals surface area contributed by atoms with Crippen LogP contribution in [0.5, 0.6) is 11.5 Å². The Bertz CT molecular complexity index is 1080. The minimum atomic E-state index is -4.31. The molecule has 0 aliphatic carbocycles. The number of benzene rings is 2. The van der Waals surface area contributed by atoms with Crippen molar-refractivity contribution in [3.8, 4) is 11.5 Å². The summed E-state index contributed by atoms with van der Waals surface area (Å²) >= 11 is 0. The number of hydrogen-bond acceptors (Lipinski definition) is 6. The monoisotopic (exact) mass is 499 g/mol. The van der Waals surface area contributed by atoms with E-state index in [2.05, 4.69) is 34.6 Å². The van der Waals surface area contributed by atoms with Crippen molar-refractivity contribution in [3.63, 3.8) is 0 Å². The van der Waals surface area contributed by atoms with Crippen molar-refractivity contribution in [2.24, 2.45) is 0 Å². The second-order valence-electron chi connectivity index (χ2n) is 9.27. The smallest absolute Gasteiger partial charge is 0.271 e. The number of ether oxygens (including phenoxy) is 1. The third kappa shape index (κ3) is 5.82. The molecule has 35 heavy (non-hydrogen) atoms. The van der Waals surface area contributed by atoms with Crippen LogP contribution in [0.25, 0.3) is 0 Å². The van der Waals surface area contributed by atoms with E-state index in [1.54, 1.807) is 0 Å². The average Bonchev–Trinajstić information content (AvgIpc) is 2.85. The third-order valence-corrected chi connectivity index (χ3v) is 8.05. The van der Waals surface area contributed by atoms with E-state index < -0.39 is 21.5 Å². The normalized spacial score (nSPS) is 18.7. The second kappa shape index (κ2) is 11.5. The molecule has 2 aliphatic rings. The van der Waals surface area contributed by atoms with Crippen LogP contribution in [0.15, 0.2) is 60.8 Å². The van der Waals surface area contributed by atoms with Crippen LogP contribution in [0.4, 0.5) is 11.4 Å². The van der Waals surface area contributed by atoms with Crippen LogP contribution in [0.3, 0.4) is 0 Å². The van der Waals surface area contributed by atoms with Crippen molar-refractivity contribution < 1.29 is 17.7 Å². The Hall–Kier alpha value is -2.55. The molecule has 0 radical (unpaired) electrons. The molecule has 190 valence electrons. The Morgan fingerprint density at radius 2 is 1.54 bits per heavy atom. The fourth-order valence-electron chi connectivity index (χ4n) is 5.04. The van der Waals surface area contributed by atoms with Gasteiger partial charge >= 0.3 is 0 Å². The van der Waals surface area contributed by atoms with Crippen LogP contribution >= 0.6 is 0 Å². The lowest BCUT2D eigenvalue weighted by atomic mass is 10.1. The van der Waals surface area contributed by atoms with Gasteiger partial charge in [0.05, 0.1) is 11.4 Å². The molecule has 0 spiro atoms. The lowest BCUT2D eigenvalue weighted by Crippen LogP contribution is -2.58. The molecule has 2 atom stereocenters. The van der Waals surface area contributed by atoms with Crippen molar-refractivity contribution >= 4 is 21.5 Å². The van der Waals surface area contributed by atoms with Gasteiger partial charge in [-0.25, -0.2) is 0 Å². The predicted octanol–water partition coefficient (Wildman–Crippen LogP) is 5.63. The molecule has 0 bridgehead atoms. The zero-order valence-corrected chi connectivity index (χ0v) is 21.5. The Balaban J connectivity index is 1.65. The van der Waals surface area contributed by atoms with Crippen LogP contribution in [0, 0.1) is 0 Å². The van der Waals surface area contributed by atoms with E-state index >= 15 is 0 Å². The van der Waals surface area contributed by atoms with Crippen molar-refractivity contribution in [3.05, 3.63) is 60.8 Å². The number of rotatable bonds is 11. The Kier molecular flexibility index (Phi) is 8.36. The minimum absolute atomic E-state index is 0.283. The number of para-hydroxylation sites is 4. The van der Waals surface area contributed by atoms with E-state index in [0.717, 1.165) is 61.6 Å². The molecule has 8 heteroatoms. The van der Waals surface area contributed by atoms with Gasteiger partial charge < -0.3 is 14.5 Å². The van der Waals surface area contributed by atoms with Crippen LogP contribution in [0.1, 0.15) is 46.0 Å². The molecule has 0 saturated carbocycles. The topological polar surface area (TPSA) is 73.3 Å². The quantitative estimate of drug-likeness (QED) is 0.401. The molecule has 0 fully saturated rings. The number of hydrogen-bond donors (Lipinski definition) is 1. The summed E-state index contributed by atoms with van der Waals surface area (Å²) in [5, 5.41) is -0.941. The first-order chi connectivity index (χ1) is 16.9. The van der Waals surface area contributed by atoms with Gasteiger partial charge in [-0.05, 0) is 49.7 Å². The highest BCUT2D eigenvalue weighted by molar-refractivity contribution is 7.86. The zero-order valence-electron chi connectivity index (χ0n) is 20.7. The fraction of sp³-hybridized carbons (Fsp3) is 0.481. The van der Waals surface area contributed by atoms with Crippen LogP contribution in [-0.2, 0) is 10.1 Å². The number of nitrogens with zero attached hydrogens (tertiary/aromatic N) is 3. The van der Waals surface area contributed by atoms with Crippen molar-refractivity contribution in [1.29, 1.82) is 0 Å². The fourth-order valence-corrected chi connectivity index (χ4v) is 6.07. The molecule has 0 aromatic heterocycles. The van der Waals surface area contributed by atoms with E-state index in [1.807, 2.05) is 54.7 Å². The number of unbranched alkanes of at least 4 members (excludes halogenated alkanes) is 2. The Morgan fingerprint density at radius 3 is 2.14 bits per heavy atom. The van der Waals surface area contributed by atoms with E-state index in [-0.39, 0.29) is 6.42 Å². The first-order valence-corrected chi connectivity index (χ1v) is 14.2. The van der Waals surface area contributed by atoms with Crippen LogP contribution in [0.2, 0.25) is 0 Å². The highest BCUT2D eigenvalue weighted by Crippen LogP contribution is 2.46. The summed E-state index contributed by atoms with van der Waals surface area (Å²) in [6, 6.07) is 15.6. The molecule has 2 unspecified atom stereocenters. The summed E-state index contributed by atoms with van der Waals surface area (Å²) in [5.74, 6) is 1.48. The maximum Gasteiger partial charge on any atom is 0.271 e. The molecule has 2 heterocycles. The average molecular weight is 500 g/mol. The summed E-state index contributed by atoms with van der Waals surface area (Å²) in [7, 11) is -4.31. The van der Waals surface area contributed by atoms with Gasteiger partial charge in [0.2, 0.25) is 0 Å². The SMILES string of the molecule is CCCCN1C=CCN(CCCC)C1C(CCN1c2ccccc2Oc2ccccc21)S(=O)(=O)O. The van der Waals surface area contributed by atoms with Crippen LogP contribution in [-0.4, -0.2) is 60.4 Å². The van der Waals surface area contributed by atoms with Gasteiger partial charge in [0.1, 0.15) is 11.4 Å². The first-order valence-electron chi connectivity index (χ1n) is 12.7. The molecule has 2 aliphatic heterocycles. The van der Waals surface area contributed by atoms with E-state index in [0.29, 0.717) is 13.1 Å². The molecular formula is C27H37N3O4S. The molecule has 0 saturated heterocycles. The van der Waals surface area contributed by atoms with Crippen molar-refractivity contribution in [2.75, 3.05) is 31.1 Å². The van der Waals surface area contributed by atoms with Crippen LogP contribution < -0.4 is 9.64 Å². The maximum absolute atomic E-state index is 12.9. The largest absolute Gasteiger partial charge is 0.453 e. The summed E-state index contributed by atoms with van der Waals surface area (Å²) in [5.41, 5.74) is 1.80. The second-order valence-corrected chi connectivity index (χ2v) is 10.9. The van der Waals surface area contributed by atoms with Crippen molar-refractivity contribution in [1.82, 2.24) is 9.80 Å². The van der Waals surface area contributed by atoms with Gasteiger partial charge in [0, 0.05) is 26.2 Å². The van der Waals surface area contributed by atoms with Gasteiger partial charge in [-0.2, -0.15) is 8.42 Å². The first kappa shape index (κ1) is 25.5. The highest BCUT2D eigenvalue weighted by atomic mass is 32.2. The van der Waals surface area contributed by atoms with Crippen molar-refractivity contribution in [2.45, 2.75) is 57.4 Å². The summed E-state index contributed by atoms with van der Waals surface area (Å²) in [6.45, 7) is 6.94. The molecule has 7 nitrogen and oxygen atoms in total. The van der Waals surface area contributed by atoms with Gasteiger partial charge in [0.15, 0.2) is 11.5 Å². The zero-order chi connectivity index (χ0) is 24.8. The molecule has 2 aromatic carbocycles. The summed E-state index contributed by atoms with van der Waals surface area (Å²) in [6.07, 6.45) is 7.98. The highest BCUT2D eigenvalue weighted by Gasteiger charge is 2.40. The molecular weight excluding hydrogens is 462 g/mol. The predicted molar refractivity (Wildman–Crippen MR) is 141 cm³/mol. The minimum Gasteiger partial charge on any atom is -0.453 e. The van der Waals surface area contributed by atoms with E-state index in [9.17, 15) is 13.0 Å². The van der Waals surface area contributed by atoms with E-state index in [1.165, 1.54) is 0 Å². The van der Waals surface area contributed by atoms with Gasteiger partial charge in [0.25, 0.3) is 10.1 Å². The van der Waals surface area contributed by atoms with E-state index in [4.69, 9.17) is 4.74 Å². The Morgan fingerprint density at radius 1 is 0.943 bits per heavy atom. The van der Waals surface area contributed by atoms with Gasteiger partial charge in [-0.1, -0.05) is 57.0 Å². The summed E-state index contributed by atoms with van der Waals surface area (Å²) < 4.78 is 42.3. The maximum atomic E-state index is 12.9.